The Balaban J connectivity index is 0. The Kier molecular flexibility index (Phi) is 8.94. The molecule has 0 heterocycles. The fraction of sp³-hybridized carbons (Fsp3) is 0. The van der Waals surface area contributed by atoms with E-state index in [0.717, 1.165) is 0 Å². The zero-order valence-corrected chi connectivity index (χ0v) is 5.98. The van der Waals surface area contributed by atoms with Gasteiger partial charge in [-0.2, -0.15) is 0 Å². The molecule has 0 saturated carbocycles. The minimum Gasteiger partial charge on any atom is -0.476 e. The summed E-state index contributed by atoms with van der Waals surface area (Å²) in [6.07, 6.45) is -0.167. The number of aldehydes is 1. The van der Waals surface area contributed by atoms with E-state index in [1.807, 2.05) is 0 Å². The molecule has 0 aliphatic carbocycles. The normalized spacial score (nSPS) is 5.33. The minimum atomic E-state index is -1.43. The third-order valence-electron chi connectivity index (χ3n) is 0.101. The van der Waals surface area contributed by atoms with Crippen LogP contribution >= 0.6 is 0 Å². The van der Waals surface area contributed by atoms with E-state index >= 15 is 0 Å². The van der Waals surface area contributed by atoms with Gasteiger partial charge in [0, 0.05) is 41.7 Å². The SMILES string of the molecule is O=CC(=O)O.[Ce]. The van der Waals surface area contributed by atoms with Crippen molar-refractivity contribution >= 4 is 12.3 Å². The van der Waals surface area contributed by atoms with Gasteiger partial charge < -0.3 is 5.11 Å². The number of carboxylic acid groups (broad SMARTS) is 1. The summed E-state index contributed by atoms with van der Waals surface area (Å²) in [4.78, 5) is 17.9. The molecule has 0 spiro atoms. The van der Waals surface area contributed by atoms with E-state index in [4.69, 9.17) is 14.7 Å². The maximum Gasteiger partial charge on any atom is 0.368 e. The van der Waals surface area contributed by atoms with Crippen molar-refractivity contribution in [1.29, 1.82) is 0 Å². The van der Waals surface area contributed by atoms with Crippen molar-refractivity contribution in [2.45, 2.75) is 0 Å². The Bertz CT molecular complexity index is 59.8. The third-order valence-corrected chi connectivity index (χ3v) is 0.101. The Morgan fingerprint density at radius 3 is 1.83 bits per heavy atom. The molecular formula is C2H2CeO3. The molecule has 0 aliphatic rings. The van der Waals surface area contributed by atoms with Crippen molar-refractivity contribution in [3.63, 3.8) is 0 Å². The molecular weight excluding hydrogens is 212 g/mol. The average Bonchev–Trinajstić information content (AvgIpc) is 1.38. The molecule has 1 N–H and O–H groups in total. The number of carbonyl (C=O) groups is 2. The molecule has 0 atom stereocenters. The molecule has 0 rings (SSSR count). The fourth-order valence-corrected chi connectivity index (χ4v) is 0. The van der Waals surface area contributed by atoms with Crippen molar-refractivity contribution in [2.24, 2.45) is 0 Å². The molecule has 0 aromatic carbocycles. The number of carbonyl (C=O) groups excluding carboxylic acids is 1. The molecule has 0 amide bonds. The first-order valence-corrected chi connectivity index (χ1v) is 0.952. The first-order valence-electron chi connectivity index (χ1n) is 0.952. The van der Waals surface area contributed by atoms with Crippen molar-refractivity contribution in [3.8, 4) is 0 Å². The first kappa shape index (κ1) is 9.72. The molecule has 0 radical (unpaired) electrons. The largest absolute Gasteiger partial charge is 0.476 e. The van der Waals surface area contributed by atoms with Crippen LogP contribution in [0.15, 0.2) is 0 Å². The molecule has 0 fully saturated rings. The van der Waals surface area contributed by atoms with Crippen LogP contribution in [0.3, 0.4) is 0 Å². The molecule has 4 heteroatoms. The third kappa shape index (κ3) is 8.82. The standard InChI is InChI=1S/C2H2O3.Ce/c3-1-2(4)5;/h1H,(H,4,5);. The summed E-state index contributed by atoms with van der Waals surface area (Å²) in [7, 11) is 0. The molecule has 0 aliphatic heterocycles. The van der Waals surface area contributed by atoms with Crippen LogP contribution in [0.5, 0.6) is 0 Å². The Morgan fingerprint density at radius 2 is 1.83 bits per heavy atom. The second-order valence-electron chi connectivity index (χ2n) is 0.456. The first-order chi connectivity index (χ1) is 2.27. The van der Waals surface area contributed by atoms with Gasteiger partial charge in [-0.05, 0) is 0 Å². The maximum atomic E-state index is 9.00. The van der Waals surface area contributed by atoms with Crippen LogP contribution in [-0.4, -0.2) is 17.4 Å². The van der Waals surface area contributed by atoms with Crippen LogP contribution in [-0.2, 0) is 9.59 Å². The zero-order chi connectivity index (χ0) is 4.28. The van der Waals surface area contributed by atoms with Gasteiger partial charge in [0.1, 0.15) is 0 Å². The van der Waals surface area contributed by atoms with Crippen LogP contribution in [0.2, 0.25) is 0 Å². The summed E-state index contributed by atoms with van der Waals surface area (Å²) in [5, 5.41) is 7.35. The Hall–Kier alpha value is 0.517. The van der Waals surface area contributed by atoms with Crippen LogP contribution < -0.4 is 0 Å². The summed E-state index contributed by atoms with van der Waals surface area (Å²) in [5.74, 6) is -1.43. The summed E-state index contributed by atoms with van der Waals surface area (Å²) in [6, 6.07) is 0. The zero-order valence-electron chi connectivity index (χ0n) is 2.84. The van der Waals surface area contributed by atoms with Crippen molar-refractivity contribution in [3.05, 3.63) is 0 Å². The van der Waals surface area contributed by atoms with Gasteiger partial charge in [0.2, 0.25) is 6.29 Å². The summed E-state index contributed by atoms with van der Waals surface area (Å²) < 4.78 is 0. The topological polar surface area (TPSA) is 54.4 Å². The molecule has 0 aromatic heterocycles. The van der Waals surface area contributed by atoms with Gasteiger partial charge >= 0.3 is 5.97 Å². The number of hydrogen-bond acceptors (Lipinski definition) is 2. The van der Waals surface area contributed by atoms with Crippen molar-refractivity contribution < 1.29 is 56.4 Å². The minimum absolute atomic E-state index is 0. The van der Waals surface area contributed by atoms with Gasteiger partial charge in [-0.15, -0.1) is 0 Å². The predicted octanol–water partition coefficient (Wildman–Crippen LogP) is -0.730. The Morgan fingerprint density at radius 1 is 1.67 bits per heavy atom. The van der Waals surface area contributed by atoms with Crippen molar-refractivity contribution in [2.75, 3.05) is 0 Å². The van der Waals surface area contributed by atoms with Crippen LogP contribution in [0.25, 0.3) is 0 Å². The number of hydrogen-bond donors (Lipinski definition) is 1. The van der Waals surface area contributed by atoms with Crippen LogP contribution in [0.4, 0.5) is 0 Å². The van der Waals surface area contributed by atoms with Crippen molar-refractivity contribution in [1.82, 2.24) is 0 Å². The number of rotatable bonds is 1. The van der Waals surface area contributed by atoms with Gasteiger partial charge in [0.15, 0.2) is 0 Å². The number of carboxylic acids is 1. The van der Waals surface area contributed by atoms with Gasteiger partial charge in [-0.25, -0.2) is 4.79 Å². The molecule has 32 valence electrons. The summed E-state index contributed by atoms with van der Waals surface area (Å²) >= 11 is 0. The Labute approximate surface area is 68.1 Å². The van der Waals surface area contributed by atoms with E-state index in [1.54, 1.807) is 0 Å². The van der Waals surface area contributed by atoms with Gasteiger partial charge in [0.05, 0.1) is 0 Å². The van der Waals surface area contributed by atoms with Gasteiger partial charge in [0.25, 0.3) is 0 Å². The van der Waals surface area contributed by atoms with E-state index in [9.17, 15) is 0 Å². The van der Waals surface area contributed by atoms with E-state index < -0.39 is 5.97 Å². The van der Waals surface area contributed by atoms with E-state index in [-0.39, 0.29) is 48.0 Å². The van der Waals surface area contributed by atoms with Crippen LogP contribution in [0, 0.1) is 41.7 Å². The fourth-order valence-electron chi connectivity index (χ4n) is 0. The number of aliphatic carboxylic acids is 1. The maximum absolute atomic E-state index is 9.00. The molecule has 0 aromatic rings. The molecule has 0 bridgehead atoms. The second kappa shape index (κ2) is 5.52. The van der Waals surface area contributed by atoms with Gasteiger partial charge in [-0.1, -0.05) is 0 Å². The average molecular weight is 214 g/mol. The molecule has 6 heavy (non-hydrogen) atoms. The molecule has 0 unspecified atom stereocenters. The van der Waals surface area contributed by atoms with Crippen LogP contribution in [0.1, 0.15) is 0 Å². The molecule has 0 saturated heterocycles. The monoisotopic (exact) mass is 214 g/mol. The molecule has 3 nitrogen and oxygen atoms in total. The van der Waals surface area contributed by atoms with E-state index in [1.165, 1.54) is 0 Å². The van der Waals surface area contributed by atoms with E-state index in [2.05, 4.69) is 0 Å². The quantitative estimate of drug-likeness (QED) is 0.462. The summed E-state index contributed by atoms with van der Waals surface area (Å²) in [6.45, 7) is 0. The van der Waals surface area contributed by atoms with Gasteiger partial charge in [-0.3, -0.25) is 4.79 Å². The summed E-state index contributed by atoms with van der Waals surface area (Å²) in [5.41, 5.74) is 0. The second-order valence-corrected chi connectivity index (χ2v) is 0.456. The smallest absolute Gasteiger partial charge is 0.368 e. The predicted molar refractivity (Wildman–Crippen MR) is 13.7 cm³/mol. The van der Waals surface area contributed by atoms with E-state index in [0.29, 0.717) is 0 Å².